The molecule has 5 aromatic rings. The highest BCUT2D eigenvalue weighted by atomic mass is 16.4. The molecule has 8 heteroatoms. The topological polar surface area (TPSA) is 102 Å². The lowest BCUT2D eigenvalue weighted by Gasteiger charge is -2.32. The van der Waals surface area contributed by atoms with Crippen molar-refractivity contribution in [1.82, 2.24) is 15.5 Å². The fraction of sp³-hybridized carbons (Fsp3) is 0.308. The Morgan fingerprint density at radius 1 is 0.894 bits per heavy atom. The van der Waals surface area contributed by atoms with Gasteiger partial charge in [-0.2, -0.15) is 0 Å². The van der Waals surface area contributed by atoms with Crippen LogP contribution in [0.2, 0.25) is 0 Å². The maximum Gasteiger partial charge on any atom is 0.305 e. The Kier molecular flexibility index (Phi) is 8.52. The fourth-order valence-electron chi connectivity index (χ4n) is 7.42. The summed E-state index contributed by atoms with van der Waals surface area (Å²) < 4.78 is 0. The Labute approximate surface area is 274 Å². The van der Waals surface area contributed by atoms with Crippen LogP contribution >= 0.6 is 0 Å². The molecule has 2 heterocycles. The van der Waals surface area contributed by atoms with Gasteiger partial charge in [0.25, 0.3) is 5.91 Å². The van der Waals surface area contributed by atoms with Gasteiger partial charge in [0, 0.05) is 37.9 Å². The first kappa shape index (κ1) is 30.7. The molecular weight excluding hydrogens is 588 g/mol. The number of hydrogen-bond acceptors (Lipinski definition) is 5. The molecule has 1 saturated heterocycles. The molecule has 0 aromatic heterocycles. The van der Waals surface area contributed by atoms with E-state index in [-0.39, 0.29) is 24.8 Å². The lowest BCUT2D eigenvalue weighted by Crippen LogP contribution is -2.46. The van der Waals surface area contributed by atoms with Gasteiger partial charge in [0.05, 0.1) is 6.42 Å². The SMILES string of the molecule is CN(CCC1CCNCC1)C(=O)c1ccc2c(c1)N(Cc1cccc3ccc4c5ccccc5ccc4c13)C(CC(=O)O)C(=O)NC2. The number of anilines is 1. The van der Waals surface area contributed by atoms with Crippen molar-refractivity contribution in [3.63, 3.8) is 0 Å². The zero-order valence-electron chi connectivity index (χ0n) is 26.7. The zero-order valence-corrected chi connectivity index (χ0v) is 26.7. The molecule has 0 radical (unpaired) electrons. The average molecular weight is 629 g/mol. The maximum absolute atomic E-state index is 13.7. The summed E-state index contributed by atoms with van der Waals surface area (Å²) in [7, 11) is 1.84. The largest absolute Gasteiger partial charge is 0.481 e. The molecule has 1 unspecified atom stereocenters. The second kappa shape index (κ2) is 13.0. The quantitative estimate of drug-likeness (QED) is 0.180. The third kappa shape index (κ3) is 6.13. The molecule has 0 bridgehead atoms. The van der Waals surface area contributed by atoms with Crippen LogP contribution in [-0.2, 0) is 22.7 Å². The second-order valence-electron chi connectivity index (χ2n) is 13.0. The lowest BCUT2D eigenvalue weighted by molar-refractivity contribution is -0.139. The van der Waals surface area contributed by atoms with Crippen molar-refractivity contribution in [2.24, 2.45) is 5.92 Å². The Balaban J connectivity index is 1.29. The minimum Gasteiger partial charge on any atom is -0.481 e. The van der Waals surface area contributed by atoms with Crippen molar-refractivity contribution >= 4 is 55.8 Å². The van der Waals surface area contributed by atoms with E-state index in [1.807, 2.05) is 48.3 Å². The predicted molar refractivity (Wildman–Crippen MR) is 187 cm³/mol. The normalized spacial score (nSPS) is 17.0. The van der Waals surface area contributed by atoms with E-state index < -0.39 is 12.0 Å². The zero-order chi connectivity index (χ0) is 32.5. The fourth-order valence-corrected chi connectivity index (χ4v) is 7.42. The van der Waals surface area contributed by atoms with Crippen molar-refractivity contribution in [3.05, 3.63) is 102 Å². The number of rotatable bonds is 8. The van der Waals surface area contributed by atoms with Crippen LogP contribution in [0.25, 0.3) is 32.3 Å². The summed E-state index contributed by atoms with van der Waals surface area (Å²) in [6, 6.07) is 27.7. The first-order valence-corrected chi connectivity index (χ1v) is 16.5. The number of piperidine rings is 1. The van der Waals surface area contributed by atoms with Crippen molar-refractivity contribution in [1.29, 1.82) is 0 Å². The average Bonchev–Trinajstić information content (AvgIpc) is 3.22. The number of fused-ring (bicyclic) bond motifs is 6. The number of amides is 2. The molecule has 3 N–H and O–H groups in total. The van der Waals surface area contributed by atoms with E-state index in [9.17, 15) is 19.5 Å². The number of carbonyl (C=O) groups excluding carboxylic acids is 2. The lowest BCUT2D eigenvalue weighted by atomic mass is 9.93. The van der Waals surface area contributed by atoms with Crippen LogP contribution in [0.3, 0.4) is 0 Å². The van der Waals surface area contributed by atoms with Crippen LogP contribution in [-0.4, -0.2) is 60.5 Å². The summed E-state index contributed by atoms with van der Waals surface area (Å²) in [4.78, 5) is 43.1. The number of benzene rings is 5. The van der Waals surface area contributed by atoms with Gasteiger partial charge in [0.15, 0.2) is 0 Å². The molecule has 47 heavy (non-hydrogen) atoms. The highest BCUT2D eigenvalue weighted by Gasteiger charge is 2.34. The highest BCUT2D eigenvalue weighted by Crippen LogP contribution is 2.36. The number of aliphatic carboxylic acids is 1. The highest BCUT2D eigenvalue weighted by molar-refractivity contribution is 6.18. The predicted octanol–water partition coefficient (Wildman–Crippen LogP) is 6.09. The second-order valence-corrected chi connectivity index (χ2v) is 13.0. The van der Waals surface area contributed by atoms with Crippen molar-refractivity contribution < 1.29 is 19.5 Å². The van der Waals surface area contributed by atoms with Gasteiger partial charge in [-0.05, 0) is 93.8 Å². The number of carboxylic acid groups (broad SMARTS) is 1. The standard InChI is InChI=1S/C39H40N4O4/c1-42(20-17-25-15-18-40-19-16-25)39(47)28-9-10-29-23-41-38(46)35(22-36(44)45)43(34(29)21-28)24-30-7-4-6-27-12-13-32-31-8-3-2-5-26(31)11-14-33(32)37(27)30/h2-14,21,25,35,40H,15-20,22-24H2,1H3,(H,41,46)(H,44,45). The van der Waals surface area contributed by atoms with Gasteiger partial charge in [-0.25, -0.2) is 0 Å². The van der Waals surface area contributed by atoms with Crippen LogP contribution in [0.1, 0.15) is 47.2 Å². The van der Waals surface area contributed by atoms with E-state index in [2.05, 4.69) is 59.2 Å². The number of hydrogen-bond donors (Lipinski definition) is 3. The Bertz CT molecular complexity index is 2000. The van der Waals surface area contributed by atoms with Crippen LogP contribution in [0, 0.1) is 5.92 Å². The number of carbonyl (C=O) groups is 3. The van der Waals surface area contributed by atoms with Gasteiger partial charge in [0.1, 0.15) is 6.04 Å². The summed E-state index contributed by atoms with van der Waals surface area (Å²) in [5.74, 6) is -0.870. The van der Waals surface area contributed by atoms with Gasteiger partial charge in [-0.3, -0.25) is 14.4 Å². The van der Waals surface area contributed by atoms with Crippen LogP contribution in [0.15, 0.2) is 84.9 Å². The van der Waals surface area contributed by atoms with Gasteiger partial charge in [-0.1, -0.05) is 72.8 Å². The molecular formula is C39H40N4O4. The Hall–Kier alpha value is -4.95. The van der Waals surface area contributed by atoms with Gasteiger partial charge < -0.3 is 25.5 Å². The maximum atomic E-state index is 13.7. The first-order chi connectivity index (χ1) is 22.9. The van der Waals surface area contributed by atoms with Crippen molar-refractivity contribution in [2.45, 2.75) is 44.8 Å². The summed E-state index contributed by atoms with van der Waals surface area (Å²) >= 11 is 0. The molecule has 2 aliphatic heterocycles. The molecule has 5 aromatic carbocycles. The molecule has 8 nitrogen and oxygen atoms in total. The van der Waals surface area contributed by atoms with E-state index in [1.165, 1.54) is 0 Å². The molecule has 7 rings (SSSR count). The number of nitrogens with one attached hydrogen (secondary N) is 2. The van der Waals surface area contributed by atoms with E-state index in [0.717, 1.165) is 75.8 Å². The third-order valence-corrected chi connectivity index (χ3v) is 10.0. The van der Waals surface area contributed by atoms with Gasteiger partial charge >= 0.3 is 5.97 Å². The molecule has 1 atom stereocenters. The van der Waals surface area contributed by atoms with Gasteiger partial charge in [0.2, 0.25) is 5.91 Å². The smallest absolute Gasteiger partial charge is 0.305 e. The third-order valence-electron chi connectivity index (χ3n) is 10.0. The van der Waals surface area contributed by atoms with E-state index in [4.69, 9.17) is 0 Å². The van der Waals surface area contributed by atoms with E-state index >= 15 is 0 Å². The molecule has 0 spiro atoms. The summed E-state index contributed by atoms with van der Waals surface area (Å²) in [5.41, 5.74) is 3.06. The van der Waals surface area contributed by atoms with Crippen LogP contribution in [0.5, 0.6) is 0 Å². The summed E-state index contributed by atoms with van der Waals surface area (Å²) in [6.07, 6.45) is 2.85. The van der Waals surface area contributed by atoms with Crippen molar-refractivity contribution in [2.75, 3.05) is 31.6 Å². The molecule has 240 valence electrons. The van der Waals surface area contributed by atoms with Gasteiger partial charge in [-0.15, -0.1) is 0 Å². The van der Waals surface area contributed by atoms with Crippen LogP contribution in [0.4, 0.5) is 5.69 Å². The first-order valence-electron chi connectivity index (χ1n) is 16.5. The Morgan fingerprint density at radius 3 is 2.49 bits per heavy atom. The number of nitrogens with zero attached hydrogens (tertiary/aromatic N) is 2. The summed E-state index contributed by atoms with van der Waals surface area (Å²) in [6.45, 7) is 3.27. The van der Waals surface area contributed by atoms with Crippen LogP contribution < -0.4 is 15.5 Å². The summed E-state index contributed by atoms with van der Waals surface area (Å²) in [5, 5.41) is 23.0. The van der Waals surface area contributed by atoms with E-state index in [0.29, 0.717) is 30.3 Å². The Morgan fingerprint density at radius 2 is 1.66 bits per heavy atom. The number of carboxylic acids is 1. The molecule has 2 aliphatic rings. The minimum absolute atomic E-state index is 0.0805. The monoisotopic (exact) mass is 628 g/mol. The molecule has 0 saturated carbocycles. The van der Waals surface area contributed by atoms with E-state index in [1.54, 1.807) is 4.90 Å². The molecule has 1 fully saturated rings. The minimum atomic E-state index is -1.06. The molecule has 0 aliphatic carbocycles. The van der Waals surface area contributed by atoms with Crippen molar-refractivity contribution in [3.8, 4) is 0 Å². The molecule has 2 amide bonds.